The zero-order valence-corrected chi connectivity index (χ0v) is 13.2. The van der Waals surface area contributed by atoms with Gasteiger partial charge in [-0.2, -0.15) is 0 Å². The normalized spacial score (nSPS) is 12.4. The molecule has 120 valence electrons. The Morgan fingerprint density at radius 3 is 2.73 bits per heavy atom. The largest absolute Gasteiger partial charge is 0.454 e. The topological polar surface area (TPSA) is 73.9 Å². The first-order valence-electron chi connectivity index (χ1n) is 7.10. The molecule has 1 heterocycles. The van der Waals surface area contributed by atoms with Gasteiger partial charge in [0.25, 0.3) is 5.91 Å². The van der Waals surface area contributed by atoms with E-state index < -0.39 is 5.97 Å². The highest BCUT2D eigenvalue weighted by Crippen LogP contribution is 2.39. The van der Waals surface area contributed by atoms with Crippen molar-refractivity contribution in [2.75, 3.05) is 13.4 Å². The first-order chi connectivity index (χ1) is 10.5. The van der Waals surface area contributed by atoms with E-state index in [0.29, 0.717) is 11.5 Å². The number of carbonyl (C=O) groups excluding carboxylic acids is 2. The van der Waals surface area contributed by atoms with Gasteiger partial charge >= 0.3 is 5.97 Å². The molecule has 0 atom stereocenters. The van der Waals surface area contributed by atoms with Crippen LogP contribution in [0.25, 0.3) is 0 Å². The third-order valence-electron chi connectivity index (χ3n) is 3.35. The summed E-state index contributed by atoms with van der Waals surface area (Å²) < 4.78 is 15.3. The van der Waals surface area contributed by atoms with Crippen molar-refractivity contribution in [1.82, 2.24) is 5.32 Å². The molecule has 0 unspecified atom stereocenters. The molecule has 22 heavy (non-hydrogen) atoms. The molecule has 0 saturated carbocycles. The Morgan fingerprint density at radius 2 is 2.05 bits per heavy atom. The number of halogens is 1. The summed E-state index contributed by atoms with van der Waals surface area (Å²) in [6.45, 7) is 3.69. The fraction of sp³-hybridized carbons (Fsp3) is 0.467. The molecule has 0 spiro atoms. The molecule has 0 radical (unpaired) electrons. The molecule has 6 nitrogen and oxygen atoms in total. The minimum atomic E-state index is -0.639. The summed E-state index contributed by atoms with van der Waals surface area (Å²) >= 11 is 6.00. The molecule has 1 aliphatic heterocycles. The summed E-state index contributed by atoms with van der Waals surface area (Å²) in [7, 11) is 0. The first kappa shape index (κ1) is 16.4. The molecule has 0 aliphatic carbocycles. The highest BCUT2D eigenvalue weighted by atomic mass is 35.5. The van der Waals surface area contributed by atoms with Crippen molar-refractivity contribution < 1.29 is 23.8 Å². The molecule has 0 fully saturated rings. The van der Waals surface area contributed by atoms with Crippen molar-refractivity contribution in [3.8, 4) is 11.5 Å². The molecular formula is C15H18ClNO5. The van der Waals surface area contributed by atoms with Gasteiger partial charge in [0.05, 0.1) is 10.6 Å². The molecule has 0 bridgehead atoms. The van der Waals surface area contributed by atoms with Crippen LogP contribution in [0.5, 0.6) is 11.5 Å². The van der Waals surface area contributed by atoms with Gasteiger partial charge in [0, 0.05) is 6.04 Å². The summed E-state index contributed by atoms with van der Waals surface area (Å²) in [5.41, 5.74) is 0.213. The van der Waals surface area contributed by atoms with E-state index in [9.17, 15) is 9.59 Å². The van der Waals surface area contributed by atoms with E-state index in [4.69, 9.17) is 25.8 Å². The van der Waals surface area contributed by atoms with Gasteiger partial charge in [0.1, 0.15) is 0 Å². The van der Waals surface area contributed by atoms with E-state index in [0.717, 1.165) is 12.8 Å². The lowest BCUT2D eigenvalue weighted by molar-refractivity contribution is -0.125. The minimum absolute atomic E-state index is 0.0609. The van der Waals surface area contributed by atoms with Crippen LogP contribution in [0.3, 0.4) is 0 Å². The van der Waals surface area contributed by atoms with E-state index in [1.165, 1.54) is 12.1 Å². The van der Waals surface area contributed by atoms with E-state index >= 15 is 0 Å². The Morgan fingerprint density at radius 1 is 1.32 bits per heavy atom. The van der Waals surface area contributed by atoms with Crippen molar-refractivity contribution in [3.05, 3.63) is 22.7 Å². The number of benzene rings is 1. The van der Waals surface area contributed by atoms with Crippen LogP contribution >= 0.6 is 11.6 Å². The summed E-state index contributed by atoms with van der Waals surface area (Å²) in [5, 5.41) is 3.06. The molecule has 1 amide bonds. The summed E-state index contributed by atoms with van der Waals surface area (Å²) in [5.74, 6) is -0.167. The number of amides is 1. The first-order valence-corrected chi connectivity index (χ1v) is 7.48. The van der Waals surface area contributed by atoms with Crippen LogP contribution in [-0.4, -0.2) is 31.3 Å². The standard InChI is InChI=1S/C15H18ClNO5/c1-3-10(4-2)17-13(18)7-20-15(19)9-5-11(16)14-12(6-9)21-8-22-14/h5-6,10H,3-4,7-8H2,1-2H3,(H,17,18). The van der Waals surface area contributed by atoms with Gasteiger partial charge in [-0.15, -0.1) is 0 Å². The number of nitrogens with one attached hydrogen (secondary N) is 1. The molecule has 0 aromatic heterocycles. The molecule has 1 aromatic carbocycles. The van der Waals surface area contributed by atoms with Crippen LogP contribution in [0.4, 0.5) is 0 Å². The van der Waals surface area contributed by atoms with Crippen LogP contribution in [-0.2, 0) is 9.53 Å². The third-order valence-corrected chi connectivity index (χ3v) is 3.63. The van der Waals surface area contributed by atoms with Crippen LogP contribution in [0.1, 0.15) is 37.0 Å². The lowest BCUT2D eigenvalue weighted by Crippen LogP contribution is -2.36. The maximum Gasteiger partial charge on any atom is 0.338 e. The second-order valence-electron chi connectivity index (χ2n) is 4.85. The van der Waals surface area contributed by atoms with Crippen LogP contribution in [0.15, 0.2) is 12.1 Å². The minimum Gasteiger partial charge on any atom is -0.454 e. The van der Waals surface area contributed by atoms with Crippen molar-refractivity contribution in [2.45, 2.75) is 32.7 Å². The summed E-state index contributed by atoms with van der Waals surface area (Å²) in [6.07, 6.45) is 1.65. The van der Waals surface area contributed by atoms with Gasteiger partial charge in [0.15, 0.2) is 18.1 Å². The van der Waals surface area contributed by atoms with E-state index in [2.05, 4.69) is 5.32 Å². The number of rotatable bonds is 6. The Labute approximate surface area is 133 Å². The fourth-order valence-electron chi connectivity index (χ4n) is 2.06. The SMILES string of the molecule is CCC(CC)NC(=O)COC(=O)c1cc(Cl)c2c(c1)OCO2. The molecule has 0 saturated heterocycles. The van der Waals surface area contributed by atoms with Gasteiger partial charge in [0.2, 0.25) is 6.79 Å². The second kappa shape index (κ2) is 7.35. The zero-order chi connectivity index (χ0) is 16.1. The maximum absolute atomic E-state index is 12.0. The van der Waals surface area contributed by atoms with Crippen molar-refractivity contribution in [2.24, 2.45) is 0 Å². The highest BCUT2D eigenvalue weighted by Gasteiger charge is 2.21. The van der Waals surface area contributed by atoms with Gasteiger partial charge in [-0.05, 0) is 25.0 Å². The van der Waals surface area contributed by atoms with Crippen LogP contribution in [0, 0.1) is 0 Å². The average Bonchev–Trinajstić information content (AvgIpc) is 2.99. The predicted molar refractivity (Wildman–Crippen MR) is 80.4 cm³/mol. The Kier molecular flexibility index (Phi) is 5.49. The summed E-state index contributed by atoms with van der Waals surface area (Å²) in [6, 6.07) is 3.00. The van der Waals surface area contributed by atoms with Crippen molar-refractivity contribution in [3.63, 3.8) is 0 Å². The monoisotopic (exact) mass is 327 g/mol. The predicted octanol–water partition coefficient (Wildman–Crippen LogP) is 2.53. The van der Waals surface area contributed by atoms with Crippen LogP contribution in [0.2, 0.25) is 5.02 Å². The van der Waals surface area contributed by atoms with Crippen LogP contribution < -0.4 is 14.8 Å². The third kappa shape index (κ3) is 3.82. The van der Waals surface area contributed by atoms with Crippen molar-refractivity contribution in [1.29, 1.82) is 0 Å². The fourth-order valence-corrected chi connectivity index (χ4v) is 2.33. The molecule has 7 heteroatoms. The van der Waals surface area contributed by atoms with E-state index in [-0.39, 0.29) is 35.9 Å². The van der Waals surface area contributed by atoms with Gasteiger partial charge in [-0.3, -0.25) is 4.79 Å². The maximum atomic E-state index is 12.0. The number of esters is 1. The number of hydrogen-bond acceptors (Lipinski definition) is 5. The Hall–Kier alpha value is -1.95. The second-order valence-corrected chi connectivity index (χ2v) is 5.26. The Bertz CT molecular complexity index is 571. The van der Waals surface area contributed by atoms with Gasteiger partial charge in [-0.25, -0.2) is 4.79 Å². The molecule has 1 aromatic rings. The van der Waals surface area contributed by atoms with Gasteiger partial charge < -0.3 is 19.5 Å². The van der Waals surface area contributed by atoms with E-state index in [1.54, 1.807) is 0 Å². The zero-order valence-electron chi connectivity index (χ0n) is 12.5. The lowest BCUT2D eigenvalue weighted by Gasteiger charge is -2.14. The quantitative estimate of drug-likeness (QED) is 0.813. The van der Waals surface area contributed by atoms with E-state index in [1.807, 2.05) is 13.8 Å². The molecule has 1 aliphatic rings. The van der Waals surface area contributed by atoms with Gasteiger partial charge in [-0.1, -0.05) is 25.4 Å². The molecule has 1 N–H and O–H groups in total. The molecule has 2 rings (SSSR count). The number of ether oxygens (including phenoxy) is 3. The van der Waals surface area contributed by atoms with Crippen molar-refractivity contribution >= 4 is 23.5 Å². The number of carbonyl (C=O) groups is 2. The smallest absolute Gasteiger partial charge is 0.338 e. The number of hydrogen-bond donors (Lipinski definition) is 1. The lowest BCUT2D eigenvalue weighted by atomic mass is 10.2. The summed E-state index contributed by atoms with van der Waals surface area (Å²) in [4.78, 5) is 23.7. The molecular weight excluding hydrogens is 310 g/mol. The number of fused-ring (bicyclic) bond motifs is 1. The highest BCUT2D eigenvalue weighted by molar-refractivity contribution is 6.32. The Balaban J connectivity index is 1.93. The average molecular weight is 328 g/mol.